The number of aromatic nitrogens is 2. The molecule has 1 unspecified atom stereocenters. The molecule has 0 saturated carbocycles. The van der Waals surface area contributed by atoms with Crippen molar-refractivity contribution in [1.82, 2.24) is 9.78 Å². The summed E-state index contributed by atoms with van der Waals surface area (Å²) in [5.41, 5.74) is 0.829. The maximum atomic E-state index is 11.8. The Hall–Kier alpha value is -1.83. The first-order chi connectivity index (χ1) is 7.45. The van der Waals surface area contributed by atoms with Crippen LogP contribution in [0.3, 0.4) is 0 Å². The molecule has 0 aromatic carbocycles. The Kier molecular flexibility index (Phi) is 3.67. The molecule has 0 radical (unpaired) electrons. The van der Waals surface area contributed by atoms with E-state index in [2.05, 4.69) is 10.4 Å². The SMILES string of the molecule is Cc1cc(NC(=O)C(C#N)C(C)C)n(C)n1. The molecule has 0 spiro atoms. The van der Waals surface area contributed by atoms with E-state index in [9.17, 15) is 4.79 Å². The number of carbonyl (C=O) groups excluding carboxylic acids is 1. The topological polar surface area (TPSA) is 70.7 Å². The number of carbonyl (C=O) groups is 1. The number of nitriles is 1. The van der Waals surface area contributed by atoms with Crippen LogP contribution in [-0.2, 0) is 11.8 Å². The summed E-state index contributed by atoms with van der Waals surface area (Å²) < 4.78 is 1.59. The van der Waals surface area contributed by atoms with Gasteiger partial charge in [0, 0.05) is 13.1 Å². The van der Waals surface area contributed by atoms with Gasteiger partial charge in [0.1, 0.15) is 11.7 Å². The summed E-state index contributed by atoms with van der Waals surface area (Å²) in [5, 5.41) is 15.7. The predicted octanol–water partition coefficient (Wildman–Crippen LogP) is 1.46. The van der Waals surface area contributed by atoms with Crippen LogP contribution in [0.4, 0.5) is 5.82 Å². The van der Waals surface area contributed by atoms with Crippen LogP contribution < -0.4 is 5.32 Å². The fourth-order valence-electron chi connectivity index (χ4n) is 1.44. The molecule has 5 nitrogen and oxygen atoms in total. The third-order valence-corrected chi connectivity index (χ3v) is 2.34. The van der Waals surface area contributed by atoms with E-state index in [4.69, 9.17) is 5.26 Å². The molecule has 0 aliphatic rings. The molecule has 0 aliphatic carbocycles. The average Bonchev–Trinajstić information content (AvgIpc) is 2.45. The Morgan fingerprint density at radius 3 is 2.62 bits per heavy atom. The quantitative estimate of drug-likeness (QED) is 0.838. The number of amides is 1. The van der Waals surface area contributed by atoms with Crippen molar-refractivity contribution in [3.63, 3.8) is 0 Å². The van der Waals surface area contributed by atoms with Crippen LogP contribution >= 0.6 is 0 Å². The van der Waals surface area contributed by atoms with Gasteiger partial charge in [0.25, 0.3) is 0 Å². The minimum Gasteiger partial charge on any atom is -0.310 e. The van der Waals surface area contributed by atoms with Gasteiger partial charge in [-0.1, -0.05) is 13.8 Å². The Balaban J connectivity index is 2.79. The lowest BCUT2D eigenvalue weighted by Crippen LogP contribution is -2.26. The third kappa shape index (κ3) is 2.60. The van der Waals surface area contributed by atoms with Crippen LogP contribution in [0.15, 0.2) is 6.07 Å². The largest absolute Gasteiger partial charge is 0.310 e. The lowest BCUT2D eigenvalue weighted by Gasteiger charge is -2.12. The monoisotopic (exact) mass is 220 g/mol. The van der Waals surface area contributed by atoms with Crippen molar-refractivity contribution >= 4 is 11.7 Å². The first kappa shape index (κ1) is 12.2. The van der Waals surface area contributed by atoms with Crippen LogP contribution in [0.25, 0.3) is 0 Å². The zero-order valence-electron chi connectivity index (χ0n) is 9.98. The van der Waals surface area contributed by atoms with Gasteiger partial charge in [-0.25, -0.2) is 0 Å². The van der Waals surface area contributed by atoms with Crippen LogP contribution in [-0.4, -0.2) is 15.7 Å². The predicted molar refractivity (Wildman–Crippen MR) is 60.5 cm³/mol. The van der Waals surface area contributed by atoms with Crippen molar-refractivity contribution in [3.05, 3.63) is 11.8 Å². The zero-order chi connectivity index (χ0) is 12.3. The summed E-state index contributed by atoms with van der Waals surface area (Å²) >= 11 is 0. The Labute approximate surface area is 95.1 Å². The lowest BCUT2D eigenvalue weighted by molar-refractivity contribution is -0.119. The molecule has 1 amide bonds. The fraction of sp³-hybridized carbons (Fsp3) is 0.545. The second-order valence-electron chi connectivity index (χ2n) is 4.13. The van der Waals surface area contributed by atoms with Gasteiger partial charge in [-0.2, -0.15) is 10.4 Å². The van der Waals surface area contributed by atoms with Crippen molar-refractivity contribution in [2.75, 3.05) is 5.32 Å². The van der Waals surface area contributed by atoms with Crippen molar-refractivity contribution < 1.29 is 4.79 Å². The molecule has 5 heteroatoms. The summed E-state index contributed by atoms with van der Waals surface area (Å²) in [6.07, 6.45) is 0. The van der Waals surface area contributed by atoms with Crippen LogP contribution in [0, 0.1) is 30.1 Å². The van der Waals surface area contributed by atoms with E-state index in [1.54, 1.807) is 17.8 Å². The molecule has 0 saturated heterocycles. The molecule has 16 heavy (non-hydrogen) atoms. The Bertz CT molecular complexity index is 428. The molecule has 1 heterocycles. The standard InChI is InChI=1S/C11H16N4O/c1-7(2)9(6-12)11(16)13-10-5-8(3)14-15(10)4/h5,7,9H,1-4H3,(H,13,16). The summed E-state index contributed by atoms with van der Waals surface area (Å²) in [6.45, 7) is 5.55. The fourth-order valence-corrected chi connectivity index (χ4v) is 1.44. The first-order valence-electron chi connectivity index (χ1n) is 5.16. The van der Waals surface area contributed by atoms with Gasteiger partial charge in [-0.05, 0) is 12.8 Å². The van der Waals surface area contributed by atoms with Crippen LogP contribution in [0.2, 0.25) is 0 Å². The highest BCUT2D eigenvalue weighted by Gasteiger charge is 2.22. The number of hydrogen-bond donors (Lipinski definition) is 1. The number of nitrogens with zero attached hydrogens (tertiary/aromatic N) is 3. The van der Waals surface area contributed by atoms with Gasteiger partial charge in [0.2, 0.25) is 5.91 Å². The van der Waals surface area contributed by atoms with Gasteiger partial charge in [0.05, 0.1) is 11.8 Å². The van der Waals surface area contributed by atoms with E-state index in [1.807, 2.05) is 26.8 Å². The first-order valence-corrected chi connectivity index (χ1v) is 5.16. The van der Waals surface area contributed by atoms with Crippen molar-refractivity contribution in [2.45, 2.75) is 20.8 Å². The molecule has 1 rings (SSSR count). The maximum Gasteiger partial charge on any atom is 0.243 e. The molecule has 1 aromatic heterocycles. The average molecular weight is 220 g/mol. The van der Waals surface area contributed by atoms with Crippen LogP contribution in [0.1, 0.15) is 19.5 Å². The molecule has 0 fully saturated rings. The molecular formula is C11H16N4O. The normalized spacial score (nSPS) is 12.2. The second kappa shape index (κ2) is 4.79. The molecule has 0 bridgehead atoms. The minimum absolute atomic E-state index is 0.000625. The second-order valence-corrected chi connectivity index (χ2v) is 4.13. The van der Waals surface area contributed by atoms with Crippen molar-refractivity contribution in [3.8, 4) is 6.07 Å². The summed E-state index contributed by atoms with van der Waals surface area (Å²) in [6, 6.07) is 3.78. The lowest BCUT2D eigenvalue weighted by atomic mass is 9.97. The number of anilines is 1. The van der Waals surface area contributed by atoms with Gasteiger partial charge in [-0.15, -0.1) is 0 Å². The van der Waals surface area contributed by atoms with Crippen LogP contribution in [0.5, 0.6) is 0 Å². The highest BCUT2D eigenvalue weighted by molar-refractivity contribution is 5.93. The van der Waals surface area contributed by atoms with Gasteiger partial charge in [0.15, 0.2) is 0 Å². The van der Waals surface area contributed by atoms with E-state index in [0.717, 1.165) is 5.69 Å². The highest BCUT2D eigenvalue weighted by Crippen LogP contribution is 2.14. The van der Waals surface area contributed by atoms with Gasteiger partial charge < -0.3 is 5.32 Å². The Morgan fingerprint density at radius 2 is 2.25 bits per heavy atom. The van der Waals surface area contributed by atoms with E-state index in [0.29, 0.717) is 5.82 Å². The number of hydrogen-bond acceptors (Lipinski definition) is 3. The maximum absolute atomic E-state index is 11.8. The Morgan fingerprint density at radius 1 is 1.62 bits per heavy atom. The van der Waals surface area contributed by atoms with E-state index in [1.165, 1.54) is 0 Å². The zero-order valence-corrected chi connectivity index (χ0v) is 9.98. The smallest absolute Gasteiger partial charge is 0.243 e. The summed E-state index contributed by atoms with van der Waals surface area (Å²) in [7, 11) is 1.75. The molecule has 1 N–H and O–H groups in total. The van der Waals surface area contributed by atoms with Crippen molar-refractivity contribution in [2.24, 2.45) is 18.9 Å². The number of aryl methyl sites for hydroxylation is 2. The van der Waals surface area contributed by atoms with E-state index in [-0.39, 0.29) is 11.8 Å². The third-order valence-electron chi connectivity index (χ3n) is 2.34. The van der Waals surface area contributed by atoms with Crippen molar-refractivity contribution in [1.29, 1.82) is 5.26 Å². The van der Waals surface area contributed by atoms with E-state index >= 15 is 0 Å². The minimum atomic E-state index is -0.629. The van der Waals surface area contributed by atoms with Gasteiger partial charge >= 0.3 is 0 Å². The van der Waals surface area contributed by atoms with Gasteiger partial charge in [-0.3, -0.25) is 9.48 Å². The molecule has 86 valence electrons. The highest BCUT2D eigenvalue weighted by atomic mass is 16.2. The molecule has 1 aromatic rings. The molecule has 1 atom stereocenters. The molecule has 0 aliphatic heterocycles. The molecular weight excluding hydrogens is 204 g/mol. The van der Waals surface area contributed by atoms with E-state index < -0.39 is 5.92 Å². The number of nitrogens with one attached hydrogen (secondary N) is 1. The summed E-state index contributed by atoms with van der Waals surface area (Å²) in [4.78, 5) is 11.8. The summed E-state index contributed by atoms with van der Waals surface area (Å²) in [5.74, 6) is -0.293. The number of rotatable bonds is 3.